The number of benzene rings is 1. The van der Waals surface area contributed by atoms with Crippen LogP contribution in [0, 0.1) is 0 Å². The number of para-hydroxylation sites is 2. The smallest absolute Gasteiger partial charge is 0.230 e. The highest BCUT2D eigenvalue weighted by atomic mass is 32.2. The lowest BCUT2D eigenvalue weighted by Crippen LogP contribution is -2.26. The van der Waals surface area contributed by atoms with Crippen molar-refractivity contribution in [3.63, 3.8) is 0 Å². The molecular weight excluding hydrogens is 306 g/mol. The third kappa shape index (κ3) is 5.27. The Bertz CT molecular complexity index is 624. The fourth-order valence-corrected chi connectivity index (χ4v) is 3.36. The number of aryl methyl sites for hydroxylation is 1. The van der Waals surface area contributed by atoms with Gasteiger partial charge in [0, 0.05) is 13.1 Å². The van der Waals surface area contributed by atoms with Crippen LogP contribution < -0.4 is 5.32 Å². The molecule has 2 aromatic rings. The van der Waals surface area contributed by atoms with E-state index in [2.05, 4.69) is 29.8 Å². The average molecular weight is 334 g/mol. The van der Waals surface area contributed by atoms with Crippen molar-refractivity contribution < 1.29 is 4.79 Å². The van der Waals surface area contributed by atoms with Gasteiger partial charge in [-0.05, 0) is 25.0 Å². The summed E-state index contributed by atoms with van der Waals surface area (Å²) in [5, 5.41) is 3.91. The number of carbonyl (C=O) groups excluding carboxylic acids is 1. The Labute approximate surface area is 143 Å². The lowest BCUT2D eigenvalue weighted by atomic mass is 10.2. The summed E-state index contributed by atoms with van der Waals surface area (Å²) in [5.74, 6) is 0.525. The van der Waals surface area contributed by atoms with E-state index in [0.29, 0.717) is 5.75 Å². The van der Waals surface area contributed by atoms with Crippen molar-refractivity contribution >= 4 is 28.7 Å². The van der Waals surface area contributed by atoms with Gasteiger partial charge in [0.25, 0.3) is 0 Å². The van der Waals surface area contributed by atoms with Gasteiger partial charge in [-0.25, -0.2) is 4.98 Å². The Balaban J connectivity index is 2.03. The van der Waals surface area contributed by atoms with E-state index in [1.807, 2.05) is 18.2 Å². The predicted molar refractivity (Wildman–Crippen MR) is 97.9 cm³/mol. The molecule has 1 heterocycles. The molecular formula is C18H27N3OS. The summed E-state index contributed by atoms with van der Waals surface area (Å²) in [5.41, 5.74) is 2.18. The third-order valence-corrected chi connectivity index (χ3v) is 4.77. The first-order valence-corrected chi connectivity index (χ1v) is 9.59. The first-order valence-electron chi connectivity index (χ1n) is 8.61. The highest BCUT2D eigenvalue weighted by Gasteiger charge is 2.12. The summed E-state index contributed by atoms with van der Waals surface area (Å²) in [7, 11) is 0. The number of unbranched alkanes of at least 4 members (excludes halogenated alkanes) is 3. The van der Waals surface area contributed by atoms with Gasteiger partial charge in [0.2, 0.25) is 5.91 Å². The molecule has 1 aromatic carbocycles. The minimum atomic E-state index is 0.0932. The van der Waals surface area contributed by atoms with Crippen LogP contribution in [0.2, 0.25) is 0 Å². The molecule has 0 aliphatic heterocycles. The summed E-state index contributed by atoms with van der Waals surface area (Å²) >= 11 is 1.54. The molecule has 23 heavy (non-hydrogen) atoms. The molecule has 0 atom stereocenters. The van der Waals surface area contributed by atoms with E-state index < -0.39 is 0 Å². The highest BCUT2D eigenvalue weighted by molar-refractivity contribution is 7.99. The van der Waals surface area contributed by atoms with Crippen LogP contribution in [0.25, 0.3) is 11.0 Å². The first-order chi connectivity index (χ1) is 11.3. The van der Waals surface area contributed by atoms with Crippen LogP contribution in [0.4, 0.5) is 0 Å². The van der Waals surface area contributed by atoms with E-state index in [1.54, 1.807) is 0 Å². The number of nitrogens with one attached hydrogen (secondary N) is 1. The molecule has 0 fully saturated rings. The molecule has 1 amide bonds. The Hall–Kier alpha value is -1.49. The number of aromatic nitrogens is 2. The van der Waals surface area contributed by atoms with Crippen molar-refractivity contribution in [1.29, 1.82) is 0 Å². The molecule has 2 rings (SSSR count). The molecule has 0 spiro atoms. The van der Waals surface area contributed by atoms with Crippen molar-refractivity contribution in [2.24, 2.45) is 0 Å². The van der Waals surface area contributed by atoms with Gasteiger partial charge in [-0.2, -0.15) is 0 Å². The van der Waals surface area contributed by atoms with Gasteiger partial charge in [0.05, 0.1) is 16.8 Å². The molecule has 1 aromatic heterocycles. The van der Waals surface area contributed by atoms with Crippen molar-refractivity contribution in [3.05, 3.63) is 24.3 Å². The zero-order valence-corrected chi connectivity index (χ0v) is 15.0. The molecule has 0 saturated carbocycles. The second-order valence-corrected chi connectivity index (χ2v) is 6.68. The average Bonchev–Trinajstić information content (AvgIpc) is 2.91. The van der Waals surface area contributed by atoms with E-state index >= 15 is 0 Å². The van der Waals surface area contributed by atoms with E-state index in [-0.39, 0.29) is 5.91 Å². The van der Waals surface area contributed by atoms with E-state index in [4.69, 9.17) is 4.98 Å². The number of thioether (sulfide) groups is 1. The number of nitrogens with zero attached hydrogens (tertiary/aromatic N) is 2. The standard InChI is InChI=1S/C18H27N3OS/c1-3-5-9-13-21-16-11-8-7-10-15(16)20-18(21)23-14-17(22)19-12-6-4-2/h7-8,10-11H,3-6,9,12-14H2,1-2H3,(H,19,22). The van der Waals surface area contributed by atoms with E-state index in [1.165, 1.54) is 24.6 Å². The van der Waals surface area contributed by atoms with Crippen molar-refractivity contribution in [1.82, 2.24) is 14.9 Å². The molecule has 0 saturated heterocycles. The van der Waals surface area contributed by atoms with Gasteiger partial charge in [-0.15, -0.1) is 0 Å². The molecule has 126 valence electrons. The number of hydrogen-bond donors (Lipinski definition) is 1. The highest BCUT2D eigenvalue weighted by Crippen LogP contribution is 2.24. The Morgan fingerprint density at radius 3 is 2.74 bits per heavy atom. The van der Waals surface area contributed by atoms with Crippen LogP contribution >= 0.6 is 11.8 Å². The van der Waals surface area contributed by atoms with Crippen molar-refractivity contribution in [2.45, 2.75) is 57.7 Å². The van der Waals surface area contributed by atoms with Crippen LogP contribution in [-0.4, -0.2) is 27.8 Å². The maximum absolute atomic E-state index is 11.9. The van der Waals surface area contributed by atoms with Gasteiger partial charge in [-0.3, -0.25) is 4.79 Å². The normalized spacial score (nSPS) is 11.0. The number of carbonyl (C=O) groups is 1. The fraction of sp³-hybridized carbons (Fsp3) is 0.556. The molecule has 5 heteroatoms. The minimum Gasteiger partial charge on any atom is -0.355 e. The Morgan fingerprint density at radius 1 is 1.17 bits per heavy atom. The van der Waals surface area contributed by atoms with Gasteiger partial charge in [-0.1, -0.05) is 57.0 Å². The summed E-state index contributed by atoms with van der Waals surface area (Å²) in [6.45, 7) is 6.07. The molecule has 1 N–H and O–H groups in total. The molecule has 4 nitrogen and oxygen atoms in total. The summed E-state index contributed by atoms with van der Waals surface area (Å²) in [6.07, 6.45) is 5.70. The number of hydrogen-bond acceptors (Lipinski definition) is 3. The van der Waals surface area contributed by atoms with Crippen LogP contribution in [0.5, 0.6) is 0 Å². The lowest BCUT2D eigenvalue weighted by Gasteiger charge is -2.08. The topological polar surface area (TPSA) is 46.9 Å². The van der Waals surface area contributed by atoms with E-state index in [9.17, 15) is 4.79 Å². The fourth-order valence-electron chi connectivity index (χ4n) is 2.49. The maximum atomic E-state index is 11.9. The SMILES string of the molecule is CCCCCn1c(SCC(=O)NCCCC)nc2ccccc21. The van der Waals surface area contributed by atoms with Crippen molar-refractivity contribution in [2.75, 3.05) is 12.3 Å². The van der Waals surface area contributed by atoms with Crippen molar-refractivity contribution in [3.8, 4) is 0 Å². The summed E-state index contributed by atoms with van der Waals surface area (Å²) in [4.78, 5) is 16.6. The summed E-state index contributed by atoms with van der Waals surface area (Å²) in [6, 6.07) is 8.21. The quantitative estimate of drug-likeness (QED) is 0.523. The maximum Gasteiger partial charge on any atom is 0.230 e. The lowest BCUT2D eigenvalue weighted by molar-refractivity contribution is -0.118. The first kappa shape index (κ1) is 17.9. The zero-order chi connectivity index (χ0) is 16.5. The third-order valence-electron chi connectivity index (χ3n) is 3.79. The van der Waals surface area contributed by atoms with Gasteiger partial charge in [0.1, 0.15) is 0 Å². The van der Waals surface area contributed by atoms with Gasteiger partial charge < -0.3 is 9.88 Å². The van der Waals surface area contributed by atoms with Crippen LogP contribution in [0.15, 0.2) is 29.4 Å². The van der Waals surface area contributed by atoms with Crippen LogP contribution in [-0.2, 0) is 11.3 Å². The van der Waals surface area contributed by atoms with Crippen LogP contribution in [0.3, 0.4) is 0 Å². The number of amides is 1. The molecule has 0 unspecified atom stereocenters. The molecule has 0 bridgehead atoms. The summed E-state index contributed by atoms with van der Waals surface area (Å²) < 4.78 is 2.26. The predicted octanol–water partition coefficient (Wildman–Crippen LogP) is 4.23. The monoisotopic (exact) mass is 333 g/mol. The zero-order valence-electron chi connectivity index (χ0n) is 14.2. The molecule has 0 aliphatic carbocycles. The number of fused-ring (bicyclic) bond motifs is 1. The van der Waals surface area contributed by atoms with Gasteiger partial charge >= 0.3 is 0 Å². The largest absolute Gasteiger partial charge is 0.355 e. The molecule has 0 aliphatic rings. The Kier molecular flexibility index (Phi) is 7.46. The molecule has 0 radical (unpaired) electrons. The Morgan fingerprint density at radius 2 is 1.96 bits per heavy atom. The minimum absolute atomic E-state index is 0.0932. The second-order valence-electron chi connectivity index (χ2n) is 5.73. The number of imidazole rings is 1. The second kappa shape index (κ2) is 9.60. The van der Waals surface area contributed by atoms with Gasteiger partial charge in [0.15, 0.2) is 5.16 Å². The number of rotatable bonds is 10. The van der Waals surface area contributed by atoms with E-state index in [0.717, 1.165) is 48.5 Å². The van der Waals surface area contributed by atoms with Crippen LogP contribution in [0.1, 0.15) is 46.0 Å².